The summed E-state index contributed by atoms with van der Waals surface area (Å²) in [5.74, 6) is -0.734. The zero-order valence-electron chi connectivity index (χ0n) is 13.8. The number of amides is 3. The van der Waals surface area contributed by atoms with Crippen molar-refractivity contribution in [3.8, 4) is 0 Å². The van der Waals surface area contributed by atoms with Crippen molar-refractivity contribution >= 4 is 41.5 Å². The van der Waals surface area contributed by atoms with Gasteiger partial charge in [0.2, 0.25) is 17.7 Å². The van der Waals surface area contributed by atoms with Gasteiger partial charge >= 0.3 is 0 Å². The molecule has 3 amide bonds. The van der Waals surface area contributed by atoms with Gasteiger partial charge in [0.1, 0.15) is 6.54 Å². The molecule has 2 rings (SSSR count). The van der Waals surface area contributed by atoms with E-state index in [1.807, 2.05) is 13.8 Å². The van der Waals surface area contributed by atoms with Crippen LogP contribution in [0.1, 0.15) is 26.7 Å². The third-order valence-corrected chi connectivity index (χ3v) is 3.63. The number of halogens is 1. The van der Waals surface area contributed by atoms with Gasteiger partial charge in [-0.3, -0.25) is 14.4 Å². The molecule has 0 unspecified atom stereocenters. The van der Waals surface area contributed by atoms with Crippen LogP contribution in [-0.4, -0.2) is 36.3 Å². The average molecular weight is 355 g/mol. The van der Waals surface area contributed by atoms with Crippen molar-refractivity contribution in [2.75, 3.05) is 23.3 Å². The second-order valence-electron chi connectivity index (χ2n) is 6.18. The maximum absolute atomic E-state index is 12.4. The highest BCUT2D eigenvalue weighted by atomic mass is 35.5. The first-order valence-corrected chi connectivity index (χ1v) is 7.53. The van der Waals surface area contributed by atoms with Gasteiger partial charge in [-0.15, -0.1) is 12.4 Å². The summed E-state index contributed by atoms with van der Waals surface area (Å²) in [6.45, 7) is 3.91. The standard InChI is InChI=1S/C16H22N4O3.ClH/c1-16(2,10-17)19-13(21)7-8-15(23)20-9-14(22)18-11-5-3-4-6-12(11)20;/h3-6H,7-10,17H2,1-2H3,(H,18,22)(H,19,21);1H. The largest absolute Gasteiger partial charge is 0.350 e. The molecule has 24 heavy (non-hydrogen) atoms. The van der Waals surface area contributed by atoms with E-state index in [2.05, 4.69) is 10.6 Å². The van der Waals surface area contributed by atoms with Crippen LogP contribution >= 0.6 is 12.4 Å². The summed E-state index contributed by atoms with van der Waals surface area (Å²) in [6.07, 6.45) is 0.0939. The SMILES string of the molecule is CC(C)(CN)NC(=O)CCC(=O)N1CC(=O)Nc2ccccc21.Cl. The molecule has 0 saturated carbocycles. The number of nitrogens with two attached hydrogens (primary N) is 1. The molecule has 0 radical (unpaired) electrons. The fourth-order valence-electron chi connectivity index (χ4n) is 2.30. The molecular weight excluding hydrogens is 332 g/mol. The van der Waals surface area contributed by atoms with E-state index >= 15 is 0 Å². The first-order chi connectivity index (χ1) is 10.8. The number of hydrogen-bond acceptors (Lipinski definition) is 4. The molecular formula is C16H23ClN4O3. The van der Waals surface area contributed by atoms with Crippen molar-refractivity contribution in [2.24, 2.45) is 5.73 Å². The Balaban J connectivity index is 0.00000288. The number of hydrogen-bond donors (Lipinski definition) is 3. The number of carbonyl (C=O) groups excluding carboxylic acids is 3. The third-order valence-electron chi connectivity index (χ3n) is 3.63. The summed E-state index contributed by atoms with van der Waals surface area (Å²) >= 11 is 0. The fourth-order valence-corrected chi connectivity index (χ4v) is 2.30. The van der Waals surface area contributed by atoms with Crippen LogP contribution in [0.4, 0.5) is 11.4 Å². The predicted octanol–water partition coefficient (Wildman–Crippen LogP) is 1.03. The minimum Gasteiger partial charge on any atom is -0.350 e. The van der Waals surface area contributed by atoms with E-state index in [9.17, 15) is 14.4 Å². The van der Waals surface area contributed by atoms with Crippen molar-refractivity contribution in [3.05, 3.63) is 24.3 Å². The van der Waals surface area contributed by atoms with Gasteiger partial charge in [0.05, 0.1) is 11.4 Å². The number of benzene rings is 1. The van der Waals surface area contributed by atoms with Crippen LogP contribution in [0.2, 0.25) is 0 Å². The summed E-state index contributed by atoms with van der Waals surface area (Å²) in [4.78, 5) is 37.4. The van der Waals surface area contributed by atoms with E-state index in [1.165, 1.54) is 4.90 Å². The van der Waals surface area contributed by atoms with Gasteiger partial charge in [-0.05, 0) is 26.0 Å². The lowest BCUT2D eigenvalue weighted by atomic mass is 10.1. The van der Waals surface area contributed by atoms with Gasteiger partial charge in [-0.1, -0.05) is 12.1 Å². The molecule has 0 spiro atoms. The van der Waals surface area contributed by atoms with E-state index < -0.39 is 5.54 Å². The number of para-hydroxylation sites is 2. The van der Waals surface area contributed by atoms with Crippen LogP contribution in [0.3, 0.4) is 0 Å². The molecule has 0 fully saturated rings. The zero-order chi connectivity index (χ0) is 17.0. The lowest BCUT2D eigenvalue weighted by Crippen LogP contribution is -2.49. The lowest BCUT2D eigenvalue weighted by molar-refractivity contribution is -0.126. The average Bonchev–Trinajstić information content (AvgIpc) is 2.51. The molecule has 132 valence electrons. The molecule has 1 heterocycles. The Hall–Kier alpha value is -2.12. The van der Waals surface area contributed by atoms with Crippen molar-refractivity contribution in [2.45, 2.75) is 32.2 Å². The molecule has 1 aromatic carbocycles. The first kappa shape index (κ1) is 19.9. The molecule has 1 aliphatic rings. The monoisotopic (exact) mass is 354 g/mol. The van der Waals surface area contributed by atoms with Gasteiger partial charge < -0.3 is 21.3 Å². The van der Waals surface area contributed by atoms with Crippen molar-refractivity contribution < 1.29 is 14.4 Å². The molecule has 1 aromatic rings. The number of nitrogens with one attached hydrogen (secondary N) is 2. The summed E-state index contributed by atoms with van der Waals surface area (Å²) in [5.41, 5.74) is 6.31. The minimum absolute atomic E-state index is 0. The molecule has 1 aliphatic heterocycles. The van der Waals surface area contributed by atoms with Crippen molar-refractivity contribution in [1.29, 1.82) is 0 Å². The fraction of sp³-hybridized carbons (Fsp3) is 0.438. The Morgan fingerprint density at radius 1 is 1.29 bits per heavy atom. The summed E-state index contributed by atoms with van der Waals surface area (Å²) in [6, 6.07) is 7.09. The predicted molar refractivity (Wildman–Crippen MR) is 95.2 cm³/mol. The van der Waals surface area contributed by atoms with Crippen LogP contribution < -0.4 is 21.3 Å². The minimum atomic E-state index is -0.502. The molecule has 0 atom stereocenters. The zero-order valence-corrected chi connectivity index (χ0v) is 14.6. The van der Waals surface area contributed by atoms with Gasteiger partial charge in [-0.2, -0.15) is 0 Å². The number of anilines is 2. The maximum atomic E-state index is 12.4. The van der Waals surface area contributed by atoms with Crippen molar-refractivity contribution in [3.63, 3.8) is 0 Å². The van der Waals surface area contributed by atoms with Gasteiger partial charge in [0.15, 0.2) is 0 Å². The number of carbonyl (C=O) groups is 3. The highest BCUT2D eigenvalue weighted by Gasteiger charge is 2.27. The quantitative estimate of drug-likeness (QED) is 0.734. The Kier molecular flexibility index (Phi) is 6.74. The highest BCUT2D eigenvalue weighted by molar-refractivity contribution is 6.10. The Morgan fingerprint density at radius 2 is 1.96 bits per heavy atom. The van der Waals surface area contributed by atoms with E-state index in [0.29, 0.717) is 17.9 Å². The van der Waals surface area contributed by atoms with Crippen LogP contribution in [0, 0.1) is 0 Å². The third kappa shape index (κ3) is 4.94. The van der Waals surface area contributed by atoms with Crippen LogP contribution in [0.25, 0.3) is 0 Å². The Morgan fingerprint density at radius 3 is 2.62 bits per heavy atom. The van der Waals surface area contributed by atoms with E-state index in [1.54, 1.807) is 24.3 Å². The summed E-state index contributed by atoms with van der Waals surface area (Å²) in [7, 11) is 0. The molecule has 0 bridgehead atoms. The number of fused-ring (bicyclic) bond motifs is 1. The summed E-state index contributed by atoms with van der Waals surface area (Å²) in [5, 5.41) is 5.50. The molecule has 4 N–H and O–H groups in total. The maximum Gasteiger partial charge on any atom is 0.244 e. The Bertz CT molecular complexity index is 634. The van der Waals surface area contributed by atoms with E-state index in [4.69, 9.17) is 5.73 Å². The molecule has 0 aromatic heterocycles. The normalized spacial score (nSPS) is 13.5. The smallest absolute Gasteiger partial charge is 0.244 e. The van der Waals surface area contributed by atoms with E-state index in [0.717, 1.165) is 0 Å². The van der Waals surface area contributed by atoms with Crippen molar-refractivity contribution in [1.82, 2.24) is 5.32 Å². The van der Waals surface area contributed by atoms with Crippen LogP contribution in [-0.2, 0) is 14.4 Å². The molecule has 0 aliphatic carbocycles. The summed E-state index contributed by atoms with van der Waals surface area (Å²) < 4.78 is 0. The highest BCUT2D eigenvalue weighted by Crippen LogP contribution is 2.29. The number of nitrogens with zero attached hydrogens (tertiary/aromatic N) is 1. The van der Waals surface area contributed by atoms with Gasteiger partial charge in [0.25, 0.3) is 0 Å². The Labute approximate surface area is 147 Å². The second-order valence-corrected chi connectivity index (χ2v) is 6.18. The molecule has 8 heteroatoms. The van der Waals surface area contributed by atoms with Gasteiger partial charge in [-0.25, -0.2) is 0 Å². The van der Waals surface area contributed by atoms with Crippen LogP contribution in [0.5, 0.6) is 0 Å². The van der Waals surface area contributed by atoms with E-state index in [-0.39, 0.29) is 49.5 Å². The van der Waals surface area contributed by atoms with Crippen LogP contribution in [0.15, 0.2) is 24.3 Å². The first-order valence-electron chi connectivity index (χ1n) is 7.53. The number of rotatable bonds is 5. The molecule has 7 nitrogen and oxygen atoms in total. The van der Waals surface area contributed by atoms with Gasteiger partial charge in [0, 0.05) is 24.9 Å². The lowest BCUT2D eigenvalue weighted by Gasteiger charge is -2.29. The second kappa shape index (κ2) is 8.12. The molecule has 0 saturated heterocycles. The topological polar surface area (TPSA) is 105 Å².